The fourth-order valence-corrected chi connectivity index (χ4v) is 3.99. The highest BCUT2D eigenvalue weighted by Gasteiger charge is 2.11. The molecule has 2 aromatic carbocycles. The summed E-state index contributed by atoms with van der Waals surface area (Å²) in [6.45, 7) is 2.17. The fourth-order valence-electron chi connectivity index (χ4n) is 3.04. The molecular formula is C23H23F3N2OS. The fraction of sp³-hybridized carbons (Fsp3) is 0.261. The van der Waals surface area contributed by atoms with Crippen LogP contribution in [0, 0.1) is 17.5 Å². The van der Waals surface area contributed by atoms with Crippen molar-refractivity contribution in [3.63, 3.8) is 0 Å². The molecule has 0 radical (unpaired) electrons. The highest BCUT2D eigenvalue weighted by Crippen LogP contribution is 2.27. The van der Waals surface area contributed by atoms with Gasteiger partial charge in [0.05, 0.1) is 10.7 Å². The normalized spacial score (nSPS) is 10.8. The summed E-state index contributed by atoms with van der Waals surface area (Å²) in [5, 5.41) is 5.88. The van der Waals surface area contributed by atoms with Crippen molar-refractivity contribution in [3.05, 3.63) is 70.9 Å². The van der Waals surface area contributed by atoms with Crippen molar-refractivity contribution in [2.75, 3.05) is 10.6 Å². The zero-order chi connectivity index (χ0) is 21.5. The van der Waals surface area contributed by atoms with Crippen molar-refractivity contribution in [1.29, 1.82) is 0 Å². The summed E-state index contributed by atoms with van der Waals surface area (Å²) in [6.07, 6.45) is 5.70. The van der Waals surface area contributed by atoms with Gasteiger partial charge in [0.1, 0.15) is 5.82 Å². The predicted octanol–water partition coefficient (Wildman–Crippen LogP) is 7.60. The largest absolute Gasteiger partial charge is 0.324 e. The summed E-state index contributed by atoms with van der Waals surface area (Å²) in [4.78, 5) is 13.4. The number of nitrogens with one attached hydrogen (secondary N) is 2. The van der Waals surface area contributed by atoms with E-state index in [9.17, 15) is 18.0 Å². The number of unbranched alkanes of at least 4 members (excludes halogenated alkanes) is 3. The molecule has 1 heterocycles. The van der Waals surface area contributed by atoms with Crippen LogP contribution in [0.5, 0.6) is 0 Å². The zero-order valence-corrected chi connectivity index (χ0v) is 17.4. The summed E-state index contributed by atoms with van der Waals surface area (Å²) < 4.78 is 40.9. The Bertz CT molecular complexity index is 1020. The first-order valence-electron chi connectivity index (χ1n) is 9.88. The lowest BCUT2D eigenvalue weighted by molar-refractivity contribution is 0.262. The molecule has 3 nitrogen and oxygen atoms in total. The maximum absolute atomic E-state index is 14.4. The molecule has 0 saturated carbocycles. The number of carbonyl (C=O) groups excluding carboxylic acids is 1. The predicted molar refractivity (Wildman–Crippen MR) is 117 cm³/mol. The molecule has 158 valence electrons. The Balaban J connectivity index is 1.59. The van der Waals surface area contributed by atoms with E-state index in [2.05, 4.69) is 17.6 Å². The van der Waals surface area contributed by atoms with E-state index in [-0.39, 0.29) is 5.69 Å². The molecule has 0 atom stereocenters. The number of rotatable bonds is 8. The Labute approximate surface area is 177 Å². The molecule has 0 aliphatic rings. The summed E-state index contributed by atoms with van der Waals surface area (Å²) in [7, 11) is 0. The van der Waals surface area contributed by atoms with E-state index in [0.717, 1.165) is 25.0 Å². The molecule has 7 heteroatoms. The Kier molecular flexibility index (Phi) is 7.52. The quantitative estimate of drug-likeness (QED) is 0.354. The van der Waals surface area contributed by atoms with Crippen molar-refractivity contribution >= 4 is 28.1 Å². The lowest BCUT2D eigenvalue weighted by Crippen LogP contribution is -2.19. The standard InChI is InChI=1S/C23H23F3N2OS/c1-2-3-4-5-6-17-9-12-22(30-17)28-23(29)27-21-11-8-16(14-20(21)26)15-7-10-18(24)19(25)13-15/h7-14H,2-6H2,1H3,(H2,27,28,29). The van der Waals surface area contributed by atoms with Gasteiger partial charge in [0, 0.05) is 4.88 Å². The number of urea groups is 1. The number of halogens is 3. The van der Waals surface area contributed by atoms with Crippen molar-refractivity contribution in [1.82, 2.24) is 0 Å². The molecule has 3 rings (SSSR count). The second kappa shape index (κ2) is 10.3. The van der Waals surface area contributed by atoms with Gasteiger partial charge in [-0.3, -0.25) is 5.32 Å². The van der Waals surface area contributed by atoms with E-state index < -0.39 is 23.5 Å². The molecule has 0 bridgehead atoms. The van der Waals surface area contributed by atoms with Crippen LogP contribution in [0.2, 0.25) is 0 Å². The average molecular weight is 433 g/mol. The summed E-state index contributed by atoms with van der Waals surface area (Å²) >= 11 is 1.50. The Hall–Kier alpha value is -2.80. The molecule has 0 aliphatic heterocycles. The minimum atomic E-state index is -1.00. The third kappa shape index (κ3) is 5.86. The summed E-state index contributed by atoms with van der Waals surface area (Å²) in [5.74, 6) is -2.64. The molecule has 30 heavy (non-hydrogen) atoms. The number of hydrogen-bond acceptors (Lipinski definition) is 2. The lowest BCUT2D eigenvalue weighted by Gasteiger charge is -2.09. The second-order valence-electron chi connectivity index (χ2n) is 6.98. The van der Waals surface area contributed by atoms with Crippen molar-refractivity contribution in [2.45, 2.75) is 39.0 Å². The number of anilines is 2. The molecule has 1 aromatic heterocycles. The first kappa shape index (κ1) is 21.9. The van der Waals surface area contributed by atoms with E-state index in [1.807, 2.05) is 12.1 Å². The zero-order valence-electron chi connectivity index (χ0n) is 16.6. The van der Waals surface area contributed by atoms with Crippen LogP contribution >= 0.6 is 11.3 Å². The van der Waals surface area contributed by atoms with Crippen LogP contribution in [0.4, 0.5) is 28.7 Å². The number of hydrogen-bond donors (Lipinski definition) is 2. The van der Waals surface area contributed by atoms with Gasteiger partial charge in [-0.1, -0.05) is 38.3 Å². The van der Waals surface area contributed by atoms with Crippen LogP contribution < -0.4 is 10.6 Å². The monoisotopic (exact) mass is 432 g/mol. The van der Waals surface area contributed by atoms with Gasteiger partial charge in [0.15, 0.2) is 11.6 Å². The SMILES string of the molecule is CCCCCCc1ccc(NC(=O)Nc2ccc(-c3ccc(F)c(F)c3)cc2F)s1. The van der Waals surface area contributed by atoms with Crippen LogP contribution in [0.25, 0.3) is 11.1 Å². The van der Waals surface area contributed by atoms with Gasteiger partial charge < -0.3 is 5.32 Å². The number of amides is 2. The van der Waals surface area contributed by atoms with Gasteiger partial charge in [0.25, 0.3) is 0 Å². The Morgan fingerprint density at radius 1 is 0.833 bits per heavy atom. The molecule has 0 saturated heterocycles. The van der Waals surface area contributed by atoms with Gasteiger partial charge in [0.2, 0.25) is 0 Å². The minimum absolute atomic E-state index is 0.00446. The van der Waals surface area contributed by atoms with Crippen molar-refractivity contribution in [2.24, 2.45) is 0 Å². The summed E-state index contributed by atoms with van der Waals surface area (Å²) in [6, 6.07) is 10.7. The lowest BCUT2D eigenvalue weighted by atomic mass is 10.0. The molecule has 2 N–H and O–H groups in total. The average Bonchev–Trinajstić information content (AvgIpc) is 3.16. The molecule has 0 unspecified atom stereocenters. The van der Waals surface area contributed by atoms with Crippen molar-refractivity contribution in [3.8, 4) is 11.1 Å². The topological polar surface area (TPSA) is 41.1 Å². The molecule has 0 spiro atoms. The van der Waals surface area contributed by atoms with E-state index >= 15 is 0 Å². The van der Waals surface area contributed by atoms with Gasteiger partial charge >= 0.3 is 6.03 Å². The van der Waals surface area contributed by atoms with E-state index in [0.29, 0.717) is 16.1 Å². The highest BCUT2D eigenvalue weighted by molar-refractivity contribution is 7.16. The maximum Gasteiger partial charge on any atom is 0.324 e. The maximum atomic E-state index is 14.4. The van der Waals surface area contributed by atoms with Crippen LogP contribution in [0.15, 0.2) is 48.5 Å². The summed E-state index contributed by atoms with van der Waals surface area (Å²) in [5.41, 5.74) is 0.715. The third-order valence-corrected chi connectivity index (χ3v) is 5.71. The van der Waals surface area contributed by atoms with Gasteiger partial charge in [-0.05, 0) is 60.4 Å². The van der Waals surface area contributed by atoms with Gasteiger partial charge in [-0.2, -0.15) is 0 Å². The highest BCUT2D eigenvalue weighted by atomic mass is 32.1. The number of thiophene rings is 1. The molecule has 3 aromatic rings. The number of carbonyl (C=O) groups is 1. The number of benzene rings is 2. The molecule has 2 amide bonds. The molecular weight excluding hydrogens is 409 g/mol. The molecule has 0 aliphatic carbocycles. The van der Waals surface area contributed by atoms with Crippen molar-refractivity contribution < 1.29 is 18.0 Å². The van der Waals surface area contributed by atoms with E-state index in [1.54, 1.807) is 0 Å². The first-order chi connectivity index (χ1) is 14.5. The Morgan fingerprint density at radius 2 is 1.57 bits per heavy atom. The second-order valence-corrected chi connectivity index (χ2v) is 8.15. The minimum Gasteiger partial charge on any atom is -0.305 e. The third-order valence-electron chi connectivity index (χ3n) is 4.65. The van der Waals surface area contributed by atoms with Crippen LogP contribution in [0.3, 0.4) is 0 Å². The van der Waals surface area contributed by atoms with Crippen LogP contribution in [-0.2, 0) is 6.42 Å². The first-order valence-corrected chi connectivity index (χ1v) is 10.7. The van der Waals surface area contributed by atoms with E-state index in [1.165, 1.54) is 59.7 Å². The van der Waals surface area contributed by atoms with Gasteiger partial charge in [-0.15, -0.1) is 11.3 Å². The number of aryl methyl sites for hydroxylation is 1. The molecule has 0 fully saturated rings. The van der Waals surface area contributed by atoms with Crippen LogP contribution in [0.1, 0.15) is 37.5 Å². The smallest absolute Gasteiger partial charge is 0.305 e. The van der Waals surface area contributed by atoms with Crippen LogP contribution in [-0.4, -0.2) is 6.03 Å². The van der Waals surface area contributed by atoms with E-state index in [4.69, 9.17) is 0 Å². The Morgan fingerprint density at radius 3 is 2.27 bits per heavy atom. The van der Waals surface area contributed by atoms with Gasteiger partial charge in [-0.25, -0.2) is 18.0 Å².